The van der Waals surface area contributed by atoms with Crippen molar-refractivity contribution in [2.24, 2.45) is 0 Å². The van der Waals surface area contributed by atoms with E-state index in [2.05, 4.69) is 4.72 Å². The number of sulfonamides is 1. The fourth-order valence-corrected chi connectivity index (χ4v) is 3.95. The Labute approximate surface area is 165 Å². The standard InChI is InChI=1S/C20H25FN2O4S/c1-13-5-11-18(12-6-13)28(26,27)22-19(15(3)24)20(25)23(4)14(2)16-7-9-17(21)10-8-16/h5-12,14-15,19,22,24H,1-4H3. The maximum atomic E-state index is 13.1. The van der Waals surface area contributed by atoms with Crippen LogP contribution in [0.3, 0.4) is 0 Å². The van der Waals surface area contributed by atoms with Crippen molar-refractivity contribution in [1.29, 1.82) is 0 Å². The molecule has 0 fully saturated rings. The lowest BCUT2D eigenvalue weighted by Gasteiger charge is -2.30. The molecule has 152 valence electrons. The van der Waals surface area contributed by atoms with Crippen LogP contribution in [0.5, 0.6) is 0 Å². The van der Waals surface area contributed by atoms with Gasteiger partial charge in [0.15, 0.2) is 0 Å². The second-order valence-corrected chi connectivity index (χ2v) is 8.54. The van der Waals surface area contributed by atoms with Gasteiger partial charge >= 0.3 is 0 Å². The number of benzene rings is 2. The largest absolute Gasteiger partial charge is 0.391 e. The Balaban J connectivity index is 2.23. The number of nitrogens with one attached hydrogen (secondary N) is 1. The highest BCUT2D eigenvalue weighted by Gasteiger charge is 2.33. The lowest BCUT2D eigenvalue weighted by Crippen LogP contribution is -2.53. The van der Waals surface area contributed by atoms with Gasteiger partial charge in [-0.3, -0.25) is 4.79 Å². The fraction of sp³-hybridized carbons (Fsp3) is 0.350. The van der Waals surface area contributed by atoms with Gasteiger partial charge in [0.25, 0.3) is 0 Å². The molecule has 3 unspecified atom stereocenters. The molecule has 2 N–H and O–H groups in total. The monoisotopic (exact) mass is 408 g/mol. The summed E-state index contributed by atoms with van der Waals surface area (Å²) in [6.45, 7) is 4.91. The summed E-state index contributed by atoms with van der Waals surface area (Å²) in [7, 11) is -2.50. The molecule has 0 bridgehead atoms. The zero-order chi connectivity index (χ0) is 21.1. The van der Waals surface area contributed by atoms with Crippen LogP contribution >= 0.6 is 0 Å². The number of hydrogen-bond donors (Lipinski definition) is 2. The minimum Gasteiger partial charge on any atom is -0.391 e. The fourth-order valence-electron chi connectivity index (χ4n) is 2.68. The molecule has 2 rings (SSSR count). The second kappa shape index (κ2) is 8.81. The maximum absolute atomic E-state index is 13.1. The molecule has 0 aromatic heterocycles. The van der Waals surface area contributed by atoms with E-state index in [0.29, 0.717) is 5.56 Å². The van der Waals surface area contributed by atoms with Gasteiger partial charge in [-0.1, -0.05) is 29.8 Å². The minimum atomic E-state index is -4.00. The first-order valence-corrected chi connectivity index (χ1v) is 10.3. The molecule has 0 saturated carbocycles. The molecule has 0 spiro atoms. The third kappa shape index (κ3) is 5.15. The maximum Gasteiger partial charge on any atom is 0.243 e. The zero-order valence-corrected chi connectivity index (χ0v) is 17.1. The average Bonchev–Trinajstić information content (AvgIpc) is 2.65. The number of likely N-dealkylation sites (N-methyl/N-ethyl adjacent to an activating group) is 1. The molecule has 0 heterocycles. The topological polar surface area (TPSA) is 86.7 Å². The van der Waals surface area contributed by atoms with Crippen molar-refractivity contribution < 1.29 is 22.7 Å². The van der Waals surface area contributed by atoms with Crippen molar-refractivity contribution >= 4 is 15.9 Å². The lowest BCUT2D eigenvalue weighted by atomic mass is 10.1. The van der Waals surface area contributed by atoms with Gasteiger partial charge in [-0.15, -0.1) is 0 Å². The Bertz CT molecular complexity index is 912. The molecular formula is C20H25FN2O4S. The Morgan fingerprint density at radius 3 is 2.11 bits per heavy atom. The molecule has 0 aliphatic heterocycles. The molecule has 1 amide bonds. The third-order valence-electron chi connectivity index (χ3n) is 4.64. The molecule has 0 radical (unpaired) electrons. The second-order valence-electron chi connectivity index (χ2n) is 6.83. The van der Waals surface area contributed by atoms with Crippen LogP contribution in [0.25, 0.3) is 0 Å². The number of amides is 1. The molecule has 0 aliphatic rings. The summed E-state index contributed by atoms with van der Waals surface area (Å²) >= 11 is 0. The minimum absolute atomic E-state index is 0.00536. The normalized spacial score (nSPS) is 14.9. The molecule has 0 saturated heterocycles. The van der Waals surface area contributed by atoms with Crippen LogP contribution in [0.1, 0.15) is 31.0 Å². The van der Waals surface area contributed by atoms with E-state index >= 15 is 0 Å². The molecule has 28 heavy (non-hydrogen) atoms. The first-order chi connectivity index (χ1) is 13.0. The summed E-state index contributed by atoms with van der Waals surface area (Å²) in [5, 5.41) is 10.1. The summed E-state index contributed by atoms with van der Waals surface area (Å²) in [4.78, 5) is 14.2. The Morgan fingerprint density at radius 1 is 1.07 bits per heavy atom. The SMILES string of the molecule is Cc1ccc(S(=O)(=O)NC(C(=O)N(C)C(C)c2ccc(F)cc2)C(C)O)cc1. The Morgan fingerprint density at radius 2 is 1.61 bits per heavy atom. The van der Waals surface area contributed by atoms with E-state index in [1.807, 2.05) is 6.92 Å². The van der Waals surface area contributed by atoms with Crippen molar-refractivity contribution in [2.75, 3.05) is 7.05 Å². The van der Waals surface area contributed by atoms with Crippen molar-refractivity contribution in [1.82, 2.24) is 9.62 Å². The van der Waals surface area contributed by atoms with Gasteiger partial charge in [-0.25, -0.2) is 12.8 Å². The Kier molecular flexibility index (Phi) is 6.92. The highest BCUT2D eigenvalue weighted by atomic mass is 32.2. The molecule has 2 aromatic rings. The number of rotatable bonds is 7. The van der Waals surface area contributed by atoms with Crippen LogP contribution < -0.4 is 4.72 Å². The number of carbonyl (C=O) groups excluding carboxylic acids is 1. The van der Waals surface area contributed by atoms with Crippen molar-refractivity contribution in [3.63, 3.8) is 0 Å². The number of halogens is 1. The highest BCUT2D eigenvalue weighted by molar-refractivity contribution is 7.89. The number of hydrogen-bond acceptors (Lipinski definition) is 4. The van der Waals surface area contributed by atoms with Gasteiger partial charge in [0.05, 0.1) is 17.0 Å². The molecule has 8 heteroatoms. The smallest absolute Gasteiger partial charge is 0.243 e. The van der Waals surface area contributed by atoms with Crippen LogP contribution in [0, 0.1) is 12.7 Å². The first kappa shape index (κ1) is 22.0. The highest BCUT2D eigenvalue weighted by Crippen LogP contribution is 2.21. The van der Waals surface area contributed by atoms with Gasteiger partial charge < -0.3 is 10.0 Å². The summed E-state index contributed by atoms with van der Waals surface area (Å²) < 4.78 is 40.7. The summed E-state index contributed by atoms with van der Waals surface area (Å²) in [5.74, 6) is -0.986. The van der Waals surface area contributed by atoms with Crippen molar-refractivity contribution in [3.05, 3.63) is 65.5 Å². The third-order valence-corrected chi connectivity index (χ3v) is 6.10. The van der Waals surface area contributed by atoms with E-state index < -0.39 is 39.9 Å². The molecule has 3 atom stereocenters. The molecule has 0 aliphatic carbocycles. The van der Waals surface area contributed by atoms with Crippen molar-refractivity contribution in [2.45, 2.75) is 43.9 Å². The number of nitrogens with zero attached hydrogens (tertiary/aromatic N) is 1. The number of aliphatic hydroxyl groups is 1. The molecule has 2 aromatic carbocycles. The predicted molar refractivity (Wildman–Crippen MR) is 105 cm³/mol. The zero-order valence-electron chi connectivity index (χ0n) is 16.3. The van der Waals surface area contributed by atoms with E-state index in [1.165, 1.54) is 43.1 Å². The van der Waals surface area contributed by atoms with Gasteiger partial charge in [0, 0.05) is 7.05 Å². The van der Waals surface area contributed by atoms with Crippen LogP contribution in [-0.4, -0.2) is 43.5 Å². The summed E-state index contributed by atoms with van der Waals surface area (Å²) in [6, 6.07) is 10.0. The number of aliphatic hydroxyl groups excluding tert-OH is 1. The van der Waals surface area contributed by atoms with E-state index in [0.717, 1.165) is 5.56 Å². The molecular weight excluding hydrogens is 383 g/mol. The summed E-state index contributed by atoms with van der Waals surface area (Å²) in [5.41, 5.74) is 1.58. The first-order valence-electron chi connectivity index (χ1n) is 8.82. The van der Waals surface area contributed by atoms with E-state index in [9.17, 15) is 22.7 Å². The van der Waals surface area contributed by atoms with E-state index in [1.54, 1.807) is 31.2 Å². The van der Waals surface area contributed by atoms with Gasteiger partial charge in [0.1, 0.15) is 11.9 Å². The van der Waals surface area contributed by atoms with Crippen LogP contribution in [0.15, 0.2) is 53.4 Å². The predicted octanol–water partition coefficient (Wildman–Crippen LogP) is 2.38. The number of carbonyl (C=O) groups is 1. The van der Waals surface area contributed by atoms with E-state index in [4.69, 9.17) is 0 Å². The number of aryl methyl sites for hydroxylation is 1. The Hall–Kier alpha value is -2.29. The van der Waals surface area contributed by atoms with Crippen LogP contribution in [0.2, 0.25) is 0 Å². The summed E-state index contributed by atoms with van der Waals surface area (Å²) in [6.07, 6.45) is -1.25. The van der Waals surface area contributed by atoms with Crippen LogP contribution in [-0.2, 0) is 14.8 Å². The lowest BCUT2D eigenvalue weighted by molar-refractivity contribution is -0.136. The van der Waals surface area contributed by atoms with E-state index in [-0.39, 0.29) is 4.90 Å². The van der Waals surface area contributed by atoms with Crippen LogP contribution in [0.4, 0.5) is 4.39 Å². The average molecular weight is 408 g/mol. The van der Waals surface area contributed by atoms with Gasteiger partial charge in [-0.2, -0.15) is 4.72 Å². The molecule has 6 nitrogen and oxygen atoms in total. The van der Waals surface area contributed by atoms with Crippen molar-refractivity contribution in [3.8, 4) is 0 Å². The quantitative estimate of drug-likeness (QED) is 0.737. The van der Waals surface area contributed by atoms with Gasteiger partial charge in [-0.05, 0) is 50.6 Å². The van der Waals surface area contributed by atoms with Gasteiger partial charge in [0.2, 0.25) is 15.9 Å².